The number of carboxylic acids is 1. The molecule has 9 nitrogen and oxygen atoms in total. The molecule has 3 atom stereocenters. The van der Waals surface area contributed by atoms with Gasteiger partial charge in [0.1, 0.15) is 18.6 Å². The Labute approximate surface area is 152 Å². The van der Waals surface area contributed by atoms with E-state index in [9.17, 15) is 19.2 Å². The van der Waals surface area contributed by atoms with Gasteiger partial charge in [0.2, 0.25) is 17.7 Å². The fourth-order valence-electron chi connectivity index (χ4n) is 1.83. The molecule has 0 fully saturated rings. The summed E-state index contributed by atoms with van der Waals surface area (Å²) in [6, 6.07) is -2.66. The minimum absolute atomic E-state index is 0.0263. The molecule has 0 heterocycles. The lowest BCUT2D eigenvalue weighted by Crippen LogP contribution is -2.58. The summed E-state index contributed by atoms with van der Waals surface area (Å²) in [6.45, 7) is 6.50. The zero-order valence-corrected chi connectivity index (χ0v) is 15.8. The van der Waals surface area contributed by atoms with Gasteiger partial charge in [0, 0.05) is 5.75 Å². The van der Waals surface area contributed by atoms with E-state index in [0.717, 1.165) is 0 Å². The van der Waals surface area contributed by atoms with E-state index in [1.165, 1.54) is 0 Å². The molecule has 0 aliphatic carbocycles. The molecule has 0 rings (SSSR count). The maximum atomic E-state index is 12.4. The Hall–Kier alpha value is -1.81. The Morgan fingerprint density at radius 3 is 1.92 bits per heavy atom. The van der Waals surface area contributed by atoms with Gasteiger partial charge in [-0.05, 0) is 11.8 Å². The minimum Gasteiger partial charge on any atom is -0.480 e. The van der Waals surface area contributed by atoms with Crippen LogP contribution in [0.15, 0.2) is 0 Å². The molecule has 0 saturated heterocycles. The smallest absolute Gasteiger partial charge is 0.322 e. The van der Waals surface area contributed by atoms with Gasteiger partial charge < -0.3 is 26.8 Å². The molecule has 0 bridgehead atoms. The molecule has 0 aliphatic heterocycles. The average Bonchev–Trinajstić information content (AvgIpc) is 2.53. The molecule has 0 aliphatic rings. The molecule has 3 amide bonds. The number of rotatable bonds is 10. The molecule has 0 aromatic rings. The topological polar surface area (TPSA) is 151 Å². The highest BCUT2D eigenvalue weighted by molar-refractivity contribution is 7.80. The van der Waals surface area contributed by atoms with Crippen LogP contribution in [0.3, 0.4) is 0 Å². The van der Waals surface area contributed by atoms with Crippen LogP contribution in [0.2, 0.25) is 0 Å². The summed E-state index contributed by atoms with van der Waals surface area (Å²) in [5, 5.41) is 15.8. The third-order valence-electron chi connectivity index (χ3n) is 3.50. The Morgan fingerprint density at radius 1 is 0.960 bits per heavy atom. The maximum absolute atomic E-state index is 12.4. The van der Waals surface area contributed by atoms with Gasteiger partial charge in [0.15, 0.2) is 0 Å². The summed E-state index contributed by atoms with van der Waals surface area (Å²) in [6.07, 6.45) is 0. The number of hydrogen-bond donors (Lipinski definition) is 6. The normalized spacial score (nSPS) is 14.6. The standard InChI is InChI=1S/C15H28N4O5S/c1-7(2)11(16)14(23)19-12(8(3)4)15(24)18-9(6-25)13(22)17-5-10(20)21/h7-9,11-12,25H,5-6,16H2,1-4H3,(H,17,22)(H,18,24)(H,19,23)(H,20,21). The zero-order chi connectivity index (χ0) is 19.7. The van der Waals surface area contributed by atoms with Gasteiger partial charge in [-0.1, -0.05) is 27.7 Å². The summed E-state index contributed by atoms with van der Waals surface area (Å²) in [7, 11) is 0. The fourth-order valence-corrected chi connectivity index (χ4v) is 2.09. The summed E-state index contributed by atoms with van der Waals surface area (Å²) < 4.78 is 0. The molecule has 144 valence electrons. The monoisotopic (exact) mass is 376 g/mol. The second kappa shape index (κ2) is 10.9. The van der Waals surface area contributed by atoms with Gasteiger partial charge in [-0.2, -0.15) is 12.6 Å². The van der Waals surface area contributed by atoms with E-state index >= 15 is 0 Å². The summed E-state index contributed by atoms with van der Waals surface area (Å²) in [4.78, 5) is 46.9. The van der Waals surface area contributed by atoms with Crippen LogP contribution in [0.4, 0.5) is 0 Å². The lowest BCUT2D eigenvalue weighted by molar-refractivity contribution is -0.138. The minimum atomic E-state index is -1.20. The number of aliphatic carboxylic acids is 1. The van der Waals surface area contributed by atoms with Crippen LogP contribution in [-0.4, -0.2) is 59.2 Å². The SMILES string of the molecule is CC(C)C(N)C(=O)NC(C(=O)NC(CS)C(=O)NCC(=O)O)C(C)C. The van der Waals surface area contributed by atoms with Crippen LogP contribution in [0.5, 0.6) is 0 Å². The number of thiol groups is 1. The van der Waals surface area contributed by atoms with Gasteiger partial charge in [-0.25, -0.2) is 0 Å². The van der Waals surface area contributed by atoms with E-state index in [2.05, 4.69) is 28.6 Å². The summed E-state index contributed by atoms with van der Waals surface area (Å²) in [5.74, 6) is -3.26. The number of carboxylic acid groups (broad SMARTS) is 1. The number of nitrogens with two attached hydrogens (primary N) is 1. The van der Waals surface area contributed by atoms with Crippen molar-refractivity contribution < 1.29 is 24.3 Å². The quantitative estimate of drug-likeness (QED) is 0.262. The van der Waals surface area contributed by atoms with Crippen molar-refractivity contribution in [2.75, 3.05) is 12.3 Å². The van der Waals surface area contributed by atoms with Crippen LogP contribution in [0.1, 0.15) is 27.7 Å². The Balaban J connectivity index is 4.94. The van der Waals surface area contributed by atoms with Crippen LogP contribution in [-0.2, 0) is 19.2 Å². The van der Waals surface area contributed by atoms with Crippen molar-refractivity contribution in [2.45, 2.75) is 45.8 Å². The number of amides is 3. The molecule has 25 heavy (non-hydrogen) atoms. The van der Waals surface area contributed by atoms with Crippen LogP contribution >= 0.6 is 12.6 Å². The van der Waals surface area contributed by atoms with E-state index in [1.54, 1.807) is 27.7 Å². The van der Waals surface area contributed by atoms with Crippen molar-refractivity contribution >= 4 is 36.3 Å². The van der Waals surface area contributed by atoms with Crippen molar-refractivity contribution in [3.05, 3.63) is 0 Å². The largest absolute Gasteiger partial charge is 0.480 e. The number of hydrogen-bond acceptors (Lipinski definition) is 6. The zero-order valence-electron chi connectivity index (χ0n) is 14.9. The first-order chi connectivity index (χ1) is 11.5. The van der Waals surface area contributed by atoms with Gasteiger partial charge in [0.25, 0.3) is 0 Å². The molecule has 0 saturated carbocycles. The van der Waals surface area contributed by atoms with Gasteiger partial charge in [-0.15, -0.1) is 0 Å². The number of carbonyl (C=O) groups is 4. The van der Waals surface area contributed by atoms with E-state index in [4.69, 9.17) is 10.8 Å². The van der Waals surface area contributed by atoms with Crippen molar-refractivity contribution in [2.24, 2.45) is 17.6 Å². The van der Waals surface area contributed by atoms with Crippen molar-refractivity contribution in [1.29, 1.82) is 0 Å². The van der Waals surface area contributed by atoms with Crippen molar-refractivity contribution in [3.63, 3.8) is 0 Å². The highest BCUT2D eigenvalue weighted by Gasteiger charge is 2.30. The predicted octanol–water partition coefficient (Wildman–Crippen LogP) is -1.27. The number of nitrogens with one attached hydrogen (secondary N) is 3. The molecule has 10 heteroatoms. The van der Waals surface area contributed by atoms with E-state index < -0.39 is 48.4 Å². The van der Waals surface area contributed by atoms with Crippen LogP contribution in [0.25, 0.3) is 0 Å². The molecule has 0 aromatic carbocycles. The Morgan fingerprint density at radius 2 is 1.52 bits per heavy atom. The highest BCUT2D eigenvalue weighted by atomic mass is 32.1. The van der Waals surface area contributed by atoms with E-state index in [-0.39, 0.29) is 17.6 Å². The van der Waals surface area contributed by atoms with E-state index in [0.29, 0.717) is 0 Å². The first-order valence-electron chi connectivity index (χ1n) is 7.97. The third kappa shape index (κ3) is 8.21. The molecule has 3 unspecified atom stereocenters. The first-order valence-corrected chi connectivity index (χ1v) is 8.61. The van der Waals surface area contributed by atoms with E-state index in [1.807, 2.05) is 0 Å². The maximum Gasteiger partial charge on any atom is 0.322 e. The van der Waals surface area contributed by atoms with Gasteiger partial charge in [-0.3, -0.25) is 19.2 Å². The molecule has 0 radical (unpaired) electrons. The predicted molar refractivity (Wildman–Crippen MR) is 96.0 cm³/mol. The summed E-state index contributed by atoms with van der Waals surface area (Å²) in [5.41, 5.74) is 5.78. The van der Waals surface area contributed by atoms with Crippen LogP contribution in [0, 0.1) is 11.8 Å². The van der Waals surface area contributed by atoms with Gasteiger partial charge in [0.05, 0.1) is 6.04 Å². The third-order valence-corrected chi connectivity index (χ3v) is 3.86. The molecule has 0 aromatic heterocycles. The molecular weight excluding hydrogens is 348 g/mol. The highest BCUT2D eigenvalue weighted by Crippen LogP contribution is 2.05. The summed E-state index contributed by atoms with van der Waals surface area (Å²) >= 11 is 3.99. The molecular formula is C15H28N4O5S. The average molecular weight is 376 g/mol. The second-order valence-electron chi connectivity index (χ2n) is 6.36. The van der Waals surface area contributed by atoms with Crippen molar-refractivity contribution in [1.82, 2.24) is 16.0 Å². The second-order valence-corrected chi connectivity index (χ2v) is 6.72. The Bertz CT molecular complexity index is 498. The fraction of sp³-hybridized carbons (Fsp3) is 0.733. The van der Waals surface area contributed by atoms with Crippen molar-refractivity contribution in [3.8, 4) is 0 Å². The molecule has 0 spiro atoms. The lowest BCUT2D eigenvalue weighted by Gasteiger charge is -2.26. The Kier molecular flexibility index (Phi) is 10.1. The first kappa shape index (κ1) is 23.2. The lowest BCUT2D eigenvalue weighted by atomic mass is 10.00. The number of carbonyl (C=O) groups excluding carboxylic acids is 3. The van der Waals surface area contributed by atoms with Gasteiger partial charge >= 0.3 is 5.97 Å². The molecule has 6 N–H and O–H groups in total. The van der Waals surface area contributed by atoms with Crippen LogP contribution < -0.4 is 21.7 Å².